The van der Waals surface area contributed by atoms with Gasteiger partial charge in [0.15, 0.2) is 0 Å². The first-order valence-corrected chi connectivity index (χ1v) is 8.17. The minimum Gasteiger partial charge on any atom is -0.352 e. The van der Waals surface area contributed by atoms with Crippen LogP contribution < -0.4 is 10.6 Å². The molecule has 0 bridgehead atoms. The highest BCUT2D eigenvalue weighted by atomic mass is 16.5. The highest BCUT2D eigenvalue weighted by Gasteiger charge is 2.51. The first-order valence-electron chi connectivity index (χ1n) is 8.17. The van der Waals surface area contributed by atoms with Crippen LogP contribution in [0, 0.1) is 5.41 Å². The summed E-state index contributed by atoms with van der Waals surface area (Å²) in [7, 11) is 0. The molecule has 1 aromatic carbocycles. The number of nitrogens with one attached hydrogen (secondary N) is 2. The Hall–Kier alpha value is -2.70. The van der Waals surface area contributed by atoms with E-state index in [2.05, 4.69) is 20.8 Å². The smallest absolute Gasteiger partial charge is 0.240 e. The van der Waals surface area contributed by atoms with Crippen molar-refractivity contribution in [1.29, 1.82) is 0 Å². The third-order valence-electron chi connectivity index (χ3n) is 4.75. The Morgan fingerprint density at radius 3 is 2.42 bits per heavy atom. The van der Waals surface area contributed by atoms with Crippen LogP contribution in [0.15, 0.2) is 35.2 Å². The average molecular weight is 326 g/mol. The average Bonchev–Trinajstić information content (AvgIpc) is 3.16. The summed E-state index contributed by atoms with van der Waals surface area (Å²) in [6, 6.07) is 7.41. The molecule has 2 fully saturated rings. The third-order valence-corrected chi connectivity index (χ3v) is 4.75. The Labute approximate surface area is 138 Å². The van der Waals surface area contributed by atoms with E-state index in [9.17, 15) is 9.59 Å². The van der Waals surface area contributed by atoms with Crippen LogP contribution in [0.4, 0.5) is 5.69 Å². The Morgan fingerprint density at radius 1 is 1.12 bits per heavy atom. The lowest BCUT2D eigenvalue weighted by molar-refractivity contribution is -0.146. The van der Waals surface area contributed by atoms with Crippen LogP contribution in [0.2, 0.25) is 0 Å². The number of hydrogen-bond donors (Lipinski definition) is 2. The zero-order valence-electron chi connectivity index (χ0n) is 13.1. The minimum absolute atomic E-state index is 0.128. The number of carbonyl (C=O) groups is 2. The number of anilines is 1. The number of benzene rings is 1. The van der Waals surface area contributed by atoms with Crippen LogP contribution in [0.25, 0.3) is 11.4 Å². The summed E-state index contributed by atoms with van der Waals surface area (Å²) in [6.45, 7) is 0. The van der Waals surface area contributed by atoms with Crippen molar-refractivity contribution >= 4 is 17.5 Å². The molecule has 0 spiro atoms. The highest BCUT2D eigenvalue weighted by molar-refractivity contribution is 6.11. The fraction of sp³-hybridized carbons (Fsp3) is 0.412. The van der Waals surface area contributed by atoms with E-state index < -0.39 is 5.41 Å². The number of aromatic nitrogens is 2. The molecule has 2 aliphatic rings. The summed E-state index contributed by atoms with van der Waals surface area (Å²) in [5.74, 6) is 0.142. The monoisotopic (exact) mass is 326 g/mol. The maximum atomic E-state index is 12.7. The molecule has 2 N–H and O–H groups in total. The standard InChI is InChI=1S/C17H18N4O3/c22-15(17(8-1-9-17)16(23)20-13-6-7-13)19-12-4-2-11(3-5-12)14-18-10-24-21-14/h2-5,10,13H,1,6-9H2,(H,19,22)(H,20,23). The molecule has 124 valence electrons. The predicted molar refractivity (Wildman–Crippen MR) is 85.8 cm³/mol. The molecular formula is C17H18N4O3. The van der Waals surface area contributed by atoms with Crippen molar-refractivity contribution in [2.45, 2.75) is 38.1 Å². The lowest BCUT2D eigenvalue weighted by Gasteiger charge is -2.38. The molecule has 7 nitrogen and oxygen atoms in total. The number of hydrogen-bond acceptors (Lipinski definition) is 5. The van der Waals surface area contributed by atoms with Gasteiger partial charge in [-0.15, -0.1) is 0 Å². The van der Waals surface area contributed by atoms with Gasteiger partial charge in [0.05, 0.1) is 0 Å². The summed E-state index contributed by atoms with van der Waals surface area (Å²) in [5.41, 5.74) is 0.541. The van der Waals surface area contributed by atoms with E-state index in [0.29, 0.717) is 24.4 Å². The molecule has 2 aliphatic carbocycles. The summed E-state index contributed by atoms with van der Waals surface area (Å²) < 4.78 is 4.72. The van der Waals surface area contributed by atoms with Gasteiger partial charge in [0.2, 0.25) is 24.0 Å². The first kappa shape index (κ1) is 14.9. The lowest BCUT2D eigenvalue weighted by atomic mass is 9.67. The van der Waals surface area contributed by atoms with E-state index in [1.807, 2.05) is 0 Å². The zero-order valence-corrected chi connectivity index (χ0v) is 13.1. The maximum absolute atomic E-state index is 12.7. The second kappa shape index (κ2) is 5.74. The van der Waals surface area contributed by atoms with Gasteiger partial charge in [-0.25, -0.2) is 0 Å². The molecule has 1 heterocycles. The molecule has 2 aromatic rings. The topological polar surface area (TPSA) is 97.1 Å². The zero-order chi connectivity index (χ0) is 16.6. The fourth-order valence-electron chi connectivity index (χ4n) is 2.89. The van der Waals surface area contributed by atoms with Gasteiger partial charge >= 0.3 is 0 Å². The van der Waals surface area contributed by atoms with Gasteiger partial charge in [-0.2, -0.15) is 4.98 Å². The fourth-order valence-corrected chi connectivity index (χ4v) is 2.89. The van der Waals surface area contributed by atoms with Gasteiger partial charge in [-0.3, -0.25) is 9.59 Å². The Kier molecular flexibility index (Phi) is 3.55. The molecule has 2 amide bonds. The molecule has 4 rings (SSSR count). The number of nitrogens with zero attached hydrogens (tertiary/aromatic N) is 2. The van der Waals surface area contributed by atoms with Crippen molar-refractivity contribution < 1.29 is 14.1 Å². The largest absolute Gasteiger partial charge is 0.352 e. The molecule has 0 saturated heterocycles. The number of carbonyl (C=O) groups excluding carboxylic acids is 2. The Balaban J connectivity index is 1.45. The van der Waals surface area contributed by atoms with E-state index in [4.69, 9.17) is 4.52 Å². The molecular weight excluding hydrogens is 308 g/mol. The maximum Gasteiger partial charge on any atom is 0.240 e. The van der Waals surface area contributed by atoms with Crippen molar-refractivity contribution in [2.75, 3.05) is 5.32 Å². The SMILES string of the molecule is O=C(Nc1ccc(-c2ncon2)cc1)C1(C(=O)NC2CC2)CCC1. The third kappa shape index (κ3) is 2.66. The van der Waals surface area contributed by atoms with Crippen LogP contribution in [0.1, 0.15) is 32.1 Å². The van der Waals surface area contributed by atoms with Gasteiger partial charge in [0.25, 0.3) is 0 Å². The summed E-state index contributed by atoms with van der Waals surface area (Å²) in [5, 5.41) is 9.60. The van der Waals surface area contributed by atoms with E-state index in [1.165, 1.54) is 6.39 Å². The van der Waals surface area contributed by atoms with Crippen LogP contribution in [0.5, 0.6) is 0 Å². The highest BCUT2D eigenvalue weighted by Crippen LogP contribution is 2.43. The molecule has 0 atom stereocenters. The molecule has 0 radical (unpaired) electrons. The van der Waals surface area contributed by atoms with Gasteiger partial charge in [-0.1, -0.05) is 11.6 Å². The van der Waals surface area contributed by atoms with Crippen LogP contribution in [0.3, 0.4) is 0 Å². The van der Waals surface area contributed by atoms with Crippen molar-refractivity contribution in [3.63, 3.8) is 0 Å². The summed E-state index contributed by atoms with van der Waals surface area (Å²) in [4.78, 5) is 29.1. The molecule has 7 heteroatoms. The van der Waals surface area contributed by atoms with E-state index >= 15 is 0 Å². The Bertz CT molecular complexity index is 747. The molecule has 24 heavy (non-hydrogen) atoms. The van der Waals surface area contributed by atoms with E-state index in [-0.39, 0.29) is 17.9 Å². The van der Waals surface area contributed by atoms with Crippen molar-refractivity contribution in [2.24, 2.45) is 5.41 Å². The predicted octanol–water partition coefficient (Wildman–Crippen LogP) is 2.12. The van der Waals surface area contributed by atoms with Crippen LogP contribution in [-0.2, 0) is 9.59 Å². The van der Waals surface area contributed by atoms with Gasteiger partial charge in [-0.05, 0) is 49.9 Å². The van der Waals surface area contributed by atoms with Crippen molar-refractivity contribution in [1.82, 2.24) is 15.5 Å². The molecule has 2 saturated carbocycles. The van der Waals surface area contributed by atoms with Crippen molar-refractivity contribution in [3.8, 4) is 11.4 Å². The van der Waals surface area contributed by atoms with Gasteiger partial charge < -0.3 is 15.2 Å². The van der Waals surface area contributed by atoms with Gasteiger partial charge in [0.1, 0.15) is 5.41 Å². The minimum atomic E-state index is -0.908. The summed E-state index contributed by atoms with van der Waals surface area (Å²) in [6.07, 6.45) is 5.42. The van der Waals surface area contributed by atoms with Gasteiger partial charge in [0, 0.05) is 17.3 Å². The van der Waals surface area contributed by atoms with E-state index in [1.54, 1.807) is 24.3 Å². The molecule has 1 aromatic heterocycles. The van der Waals surface area contributed by atoms with Crippen molar-refractivity contribution in [3.05, 3.63) is 30.7 Å². The van der Waals surface area contributed by atoms with E-state index in [0.717, 1.165) is 24.8 Å². The Morgan fingerprint density at radius 2 is 1.88 bits per heavy atom. The normalized spacial score (nSPS) is 18.5. The van der Waals surface area contributed by atoms with Crippen LogP contribution in [-0.4, -0.2) is 28.0 Å². The van der Waals surface area contributed by atoms with Crippen LogP contribution >= 0.6 is 0 Å². The second-order valence-electron chi connectivity index (χ2n) is 6.47. The second-order valence-corrected chi connectivity index (χ2v) is 6.47. The molecule has 0 unspecified atom stereocenters. The number of rotatable bonds is 5. The summed E-state index contributed by atoms with van der Waals surface area (Å²) >= 11 is 0. The molecule has 0 aliphatic heterocycles. The quantitative estimate of drug-likeness (QED) is 0.820. The first-order chi connectivity index (χ1) is 11.7. The lowest BCUT2D eigenvalue weighted by Crippen LogP contribution is -2.53. The number of amides is 2.